The number of carbonyl (C=O) groups is 2. The van der Waals surface area contributed by atoms with Crippen LogP contribution in [0.5, 0.6) is 0 Å². The number of nitrogens with zero attached hydrogens (tertiary/aromatic N) is 1. The molecule has 0 saturated heterocycles. The third-order valence-corrected chi connectivity index (χ3v) is 3.00. The van der Waals surface area contributed by atoms with Crippen molar-refractivity contribution in [3.05, 3.63) is 35.9 Å². The molecule has 23 heavy (non-hydrogen) atoms. The van der Waals surface area contributed by atoms with Gasteiger partial charge in [0.1, 0.15) is 13.2 Å². The van der Waals surface area contributed by atoms with Gasteiger partial charge in [0, 0.05) is 6.42 Å². The van der Waals surface area contributed by atoms with E-state index in [9.17, 15) is 20.0 Å². The SMILES string of the molecule is CC(C)(C)C(=O)OCCOC(=O)[C@H](Cc1ccccc1)N(O)O. The number of carbonyl (C=O) groups excluding carboxylic acids is 2. The molecule has 1 atom stereocenters. The number of hydrogen-bond acceptors (Lipinski definition) is 7. The van der Waals surface area contributed by atoms with E-state index in [2.05, 4.69) is 0 Å². The highest BCUT2D eigenvalue weighted by atomic mass is 16.8. The standard InChI is InChI=1S/C16H23NO6/c1-16(2,3)15(19)23-10-9-22-14(18)13(17(20)21)11-12-7-5-4-6-8-12/h4-8,13,20-21H,9-11H2,1-3H3/t13-/m0/s1. The third-order valence-electron chi connectivity index (χ3n) is 3.00. The van der Waals surface area contributed by atoms with Gasteiger partial charge >= 0.3 is 11.9 Å². The fourth-order valence-corrected chi connectivity index (χ4v) is 1.69. The third kappa shape index (κ3) is 6.77. The summed E-state index contributed by atoms with van der Waals surface area (Å²) in [6, 6.07) is 7.64. The van der Waals surface area contributed by atoms with Crippen LogP contribution in [0.1, 0.15) is 26.3 Å². The van der Waals surface area contributed by atoms with Crippen molar-refractivity contribution in [1.29, 1.82) is 0 Å². The molecule has 0 aliphatic rings. The lowest BCUT2D eigenvalue weighted by Crippen LogP contribution is -2.40. The number of hydrogen-bond donors (Lipinski definition) is 2. The minimum Gasteiger partial charge on any atom is -0.462 e. The molecule has 0 unspecified atom stereocenters. The summed E-state index contributed by atoms with van der Waals surface area (Å²) in [5, 5.41) is 18.2. The van der Waals surface area contributed by atoms with E-state index >= 15 is 0 Å². The van der Waals surface area contributed by atoms with Crippen LogP contribution >= 0.6 is 0 Å². The van der Waals surface area contributed by atoms with Crippen LogP contribution in [-0.4, -0.2) is 46.8 Å². The topological polar surface area (TPSA) is 96.3 Å². The molecular weight excluding hydrogens is 302 g/mol. The van der Waals surface area contributed by atoms with Crippen LogP contribution in [0.4, 0.5) is 0 Å². The predicted octanol–water partition coefficient (Wildman–Crippen LogP) is 1.81. The molecule has 0 spiro atoms. The first-order valence-electron chi connectivity index (χ1n) is 7.26. The van der Waals surface area contributed by atoms with Crippen molar-refractivity contribution in [3.63, 3.8) is 0 Å². The summed E-state index contributed by atoms with van der Waals surface area (Å²) in [6.07, 6.45) is 0.0778. The van der Waals surface area contributed by atoms with Gasteiger partial charge in [-0.15, -0.1) is 0 Å². The average molecular weight is 325 g/mol. The quantitative estimate of drug-likeness (QED) is 0.448. The molecule has 0 bridgehead atoms. The van der Waals surface area contributed by atoms with E-state index in [-0.39, 0.29) is 24.9 Å². The van der Waals surface area contributed by atoms with Crippen molar-refractivity contribution < 1.29 is 29.5 Å². The summed E-state index contributed by atoms with van der Waals surface area (Å²) in [6.45, 7) is 4.91. The molecule has 0 aliphatic heterocycles. The van der Waals surface area contributed by atoms with E-state index in [4.69, 9.17) is 9.47 Å². The van der Waals surface area contributed by atoms with Crippen molar-refractivity contribution in [3.8, 4) is 0 Å². The molecule has 2 N–H and O–H groups in total. The van der Waals surface area contributed by atoms with Gasteiger partial charge in [-0.2, -0.15) is 0 Å². The van der Waals surface area contributed by atoms with E-state index in [1.54, 1.807) is 45.0 Å². The van der Waals surface area contributed by atoms with Gasteiger partial charge in [-0.05, 0) is 26.3 Å². The van der Waals surface area contributed by atoms with Crippen LogP contribution in [0.3, 0.4) is 0 Å². The fourth-order valence-electron chi connectivity index (χ4n) is 1.69. The molecule has 1 rings (SSSR count). The lowest BCUT2D eigenvalue weighted by Gasteiger charge is -2.20. The average Bonchev–Trinajstić information content (AvgIpc) is 2.48. The Morgan fingerprint density at radius 3 is 2.17 bits per heavy atom. The zero-order chi connectivity index (χ0) is 17.5. The molecule has 1 aromatic carbocycles. The van der Waals surface area contributed by atoms with Crippen molar-refractivity contribution in [2.75, 3.05) is 13.2 Å². The van der Waals surface area contributed by atoms with Crippen LogP contribution in [0.15, 0.2) is 30.3 Å². The van der Waals surface area contributed by atoms with Gasteiger partial charge in [-0.25, -0.2) is 0 Å². The summed E-state index contributed by atoms with van der Waals surface area (Å²) < 4.78 is 9.88. The van der Waals surface area contributed by atoms with E-state index in [1.807, 2.05) is 6.07 Å². The number of esters is 2. The second kappa shape index (κ2) is 8.61. The zero-order valence-corrected chi connectivity index (χ0v) is 13.6. The van der Waals surface area contributed by atoms with Crippen molar-refractivity contribution >= 4 is 11.9 Å². The van der Waals surface area contributed by atoms with Crippen molar-refractivity contribution in [2.45, 2.75) is 33.2 Å². The maximum absolute atomic E-state index is 11.9. The normalized spacial score (nSPS) is 12.8. The lowest BCUT2D eigenvalue weighted by atomic mass is 9.97. The van der Waals surface area contributed by atoms with Gasteiger partial charge < -0.3 is 9.47 Å². The maximum atomic E-state index is 11.9. The molecule has 0 aliphatic carbocycles. The van der Waals surface area contributed by atoms with Crippen LogP contribution in [0, 0.1) is 5.41 Å². The maximum Gasteiger partial charge on any atom is 0.328 e. The Bertz CT molecular complexity index is 509. The molecule has 7 nitrogen and oxygen atoms in total. The van der Waals surface area contributed by atoms with Gasteiger partial charge in [-0.3, -0.25) is 20.0 Å². The second-order valence-corrected chi connectivity index (χ2v) is 6.08. The monoisotopic (exact) mass is 325 g/mol. The number of rotatable bonds is 7. The van der Waals surface area contributed by atoms with Crippen molar-refractivity contribution in [1.82, 2.24) is 5.23 Å². The van der Waals surface area contributed by atoms with Gasteiger partial charge in [0.2, 0.25) is 0 Å². The largest absolute Gasteiger partial charge is 0.462 e. The first-order valence-corrected chi connectivity index (χ1v) is 7.26. The minimum atomic E-state index is -1.25. The van der Waals surface area contributed by atoms with Gasteiger partial charge in [0.05, 0.1) is 5.41 Å². The molecule has 0 radical (unpaired) electrons. The Labute approximate surface area is 135 Å². The van der Waals surface area contributed by atoms with E-state index in [0.29, 0.717) is 0 Å². The molecule has 1 aromatic rings. The second-order valence-electron chi connectivity index (χ2n) is 6.08. The zero-order valence-electron chi connectivity index (χ0n) is 13.6. The highest BCUT2D eigenvalue weighted by molar-refractivity contribution is 5.76. The molecule has 128 valence electrons. The van der Waals surface area contributed by atoms with Gasteiger partial charge in [0.25, 0.3) is 0 Å². The van der Waals surface area contributed by atoms with E-state index < -0.39 is 23.4 Å². The Hall–Kier alpha value is -1.96. The highest BCUT2D eigenvalue weighted by Crippen LogP contribution is 2.15. The van der Waals surface area contributed by atoms with E-state index in [1.165, 1.54) is 0 Å². The lowest BCUT2D eigenvalue weighted by molar-refractivity contribution is -0.327. The summed E-state index contributed by atoms with van der Waals surface area (Å²) in [7, 11) is 0. The summed E-state index contributed by atoms with van der Waals surface area (Å²) in [5.74, 6) is -1.22. The van der Waals surface area contributed by atoms with Crippen LogP contribution < -0.4 is 0 Å². The number of hydroxylamine groups is 2. The number of benzene rings is 1. The molecule has 0 amide bonds. The summed E-state index contributed by atoms with van der Waals surface area (Å²) >= 11 is 0. The number of ether oxygens (including phenoxy) is 2. The smallest absolute Gasteiger partial charge is 0.328 e. The highest BCUT2D eigenvalue weighted by Gasteiger charge is 2.27. The fraction of sp³-hybridized carbons (Fsp3) is 0.500. The first kappa shape index (κ1) is 19.1. The van der Waals surface area contributed by atoms with Gasteiger partial charge in [-0.1, -0.05) is 35.6 Å². The molecule has 0 fully saturated rings. The first-order chi connectivity index (χ1) is 10.7. The molecule has 0 aromatic heterocycles. The predicted molar refractivity (Wildman–Crippen MR) is 80.7 cm³/mol. The molecular formula is C16H23NO6. The van der Waals surface area contributed by atoms with Crippen molar-refractivity contribution in [2.24, 2.45) is 5.41 Å². The Morgan fingerprint density at radius 2 is 1.65 bits per heavy atom. The van der Waals surface area contributed by atoms with E-state index in [0.717, 1.165) is 5.56 Å². The molecule has 0 saturated carbocycles. The molecule has 0 heterocycles. The Kier molecular flexibility index (Phi) is 7.15. The summed E-state index contributed by atoms with van der Waals surface area (Å²) in [4.78, 5) is 23.4. The summed E-state index contributed by atoms with van der Waals surface area (Å²) in [5.41, 5.74) is 0.119. The Morgan fingerprint density at radius 1 is 1.09 bits per heavy atom. The van der Waals surface area contributed by atoms with Crippen LogP contribution in [0.2, 0.25) is 0 Å². The van der Waals surface area contributed by atoms with Crippen LogP contribution in [0.25, 0.3) is 0 Å². The molecule has 7 heteroatoms. The van der Waals surface area contributed by atoms with Crippen LogP contribution in [-0.2, 0) is 25.5 Å². The minimum absolute atomic E-state index is 0.0778. The van der Waals surface area contributed by atoms with Gasteiger partial charge in [0.15, 0.2) is 6.04 Å². The Balaban J connectivity index is 2.45.